The van der Waals surface area contributed by atoms with E-state index in [1.807, 2.05) is 61.7 Å². The minimum Gasteiger partial charge on any atom is -0.435 e. The summed E-state index contributed by atoms with van der Waals surface area (Å²) in [5.74, 6) is -0.325. The molecule has 0 aliphatic heterocycles. The predicted molar refractivity (Wildman–Crippen MR) is 135 cm³/mol. The zero-order chi connectivity index (χ0) is 26.0. The zero-order valence-corrected chi connectivity index (χ0v) is 20.4. The number of halogens is 2. The number of rotatable bonds is 7. The van der Waals surface area contributed by atoms with Crippen LogP contribution in [0.4, 0.5) is 8.78 Å². The molecule has 0 bridgehead atoms. The highest BCUT2D eigenvalue weighted by atomic mass is 19.3. The number of aryl methyl sites for hydroxylation is 2. The minimum atomic E-state index is -2.90. The van der Waals surface area contributed by atoms with Gasteiger partial charge in [-0.05, 0) is 87.9 Å². The Bertz CT molecular complexity index is 1490. The highest BCUT2D eigenvalue weighted by Gasteiger charge is 2.21. The molecule has 0 aliphatic rings. The van der Waals surface area contributed by atoms with Gasteiger partial charge in [0.05, 0.1) is 0 Å². The monoisotopic (exact) mass is 485 g/mol. The quantitative estimate of drug-likeness (QED) is 0.163. The van der Waals surface area contributed by atoms with Crippen LogP contribution in [0.1, 0.15) is 38.7 Å². The van der Waals surface area contributed by atoms with Crippen molar-refractivity contribution in [3.05, 3.63) is 106 Å². The van der Waals surface area contributed by atoms with Crippen LogP contribution in [0.5, 0.6) is 5.75 Å². The summed E-state index contributed by atoms with van der Waals surface area (Å²) in [4.78, 5) is 13.4. The molecule has 0 amide bonds. The summed E-state index contributed by atoms with van der Waals surface area (Å²) in [5.41, 5.74) is 6.28. The first-order valence-electron chi connectivity index (χ1n) is 11.4. The van der Waals surface area contributed by atoms with Crippen LogP contribution in [0.15, 0.2) is 72.3 Å². The van der Waals surface area contributed by atoms with Crippen molar-refractivity contribution in [2.45, 2.75) is 34.3 Å². The molecule has 0 N–H and O–H groups in total. The fraction of sp³-hybridized carbons (Fsp3) is 0.172. The van der Waals surface area contributed by atoms with Crippen molar-refractivity contribution in [1.29, 1.82) is 5.26 Å². The van der Waals surface area contributed by atoms with Gasteiger partial charge in [-0.2, -0.15) is 14.0 Å². The lowest BCUT2D eigenvalue weighted by Gasteiger charge is -2.11. The van der Waals surface area contributed by atoms with E-state index in [1.54, 1.807) is 31.2 Å². The lowest BCUT2D eigenvalue weighted by atomic mass is 10.0. The Morgan fingerprint density at radius 1 is 0.889 bits per heavy atom. The number of carbonyl (C=O) groups is 1. The second kappa shape index (κ2) is 10.0. The highest BCUT2D eigenvalue weighted by molar-refractivity contribution is 6.15. The first-order chi connectivity index (χ1) is 17.2. The van der Waals surface area contributed by atoms with Gasteiger partial charge in [-0.25, -0.2) is 0 Å². The highest BCUT2D eigenvalue weighted by Crippen LogP contribution is 2.27. The van der Waals surface area contributed by atoms with Crippen molar-refractivity contribution in [2.75, 3.05) is 0 Å². The fourth-order valence-corrected chi connectivity index (χ4v) is 4.52. The first kappa shape index (κ1) is 24.7. The van der Waals surface area contributed by atoms with E-state index in [0.29, 0.717) is 16.9 Å². The molecule has 0 radical (unpaired) electrons. The molecule has 0 aliphatic carbocycles. The molecular formula is C29H25F2N3O2. The van der Waals surface area contributed by atoms with E-state index >= 15 is 0 Å². The molecule has 7 heteroatoms. The third-order valence-electron chi connectivity index (χ3n) is 6.15. The number of allylic oxidation sites excluding steroid dienone is 1. The molecule has 0 saturated heterocycles. The third-order valence-corrected chi connectivity index (χ3v) is 6.15. The number of nitriles is 1. The molecule has 4 aromatic rings. The normalized spacial score (nSPS) is 11.6. The number of alkyl halides is 2. The van der Waals surface area contributed by atoms with Crippen LogP contribution < -0.4 is 4.74 Å². The SMILES string of the molecule is Cc1cc(C=C(C#N)C(=O)c2cc(C)n(-c3ccc(OC(F)F)cc3)c2C)c(C)n1-c1ccccc1. The molecule has 182 valence electrons. The summed E-state index contributed by atoms with van der Waals surface area (Å²) in [6.07, 6.45) is 1.63. The van der Waals surface area contributed by atoms with Gasteiger partial charge in [-0.3, -0.25) is 4.79 Å². The van der Waals surface area contributed by atoms with Gasteiger partial charge in [0.2, 0.25) is 5.78 Å². The van der Waals surface area contributed by atoms with Gasteiger partial charge in [0.1, 0.15) is 17.4 Å². The van der Waals surface area contributed by atoms with E-state index in [0.717, 1.165) is 28.3 Å². The Morgan fingerprint density at radius 3 is 2.08 bits per heavy atom. The maximum absolute atomic E-state index is 13.4. The Morgan fingerprint density at radius 2 is 1.47 bits per heavy atom. The fourth-order valence-electron chi connectivity index (χ4n) is 4.52. The van der Waals surface area contributed by atoms with Gasteiger partial charge in [-0.1, -0.05) is 18.2 Å². The Balaban J connectivity index is 1.69. The summed E-state index contributed by atoms with van der Waals surface area (Å²) in [7, 11) is 0. The molecule has 2 aromatic heterocycles. The average Bonchev–Trinajstić information content (AvgIpc) is 3.31. The second-order valence-electron chi connectivity index (χ2n) is 8.49. The number of carbonyl (C=O) groups excluding carboxylic acids is 1. The van der Waals surface area contributed by atoms with Gasteiger partial charge in [0.25, 0.3) is 0 Å². The van der Waals surface area contributed by atoms with E-state index in [2.05, 4.69) is 15.4 Å². The number of nitrogens with zero attached hydrogens (tertiary/aromatic N) is 3. The summed E-state index contributed by atoms with van der Waals surface area (Å²) in [6.45, 7) is 4.68. The number of para-hydroxylation sites is 1. The molecule has 36 heavy (non-hydrogen) atoms. The maximum atomic E-state index is 13.4. The van der Waals surface area contributed by atoms with Crippen LogP contribution in [0, 0.1) is 39.0 Å². The number of benzene rings is 2. The van der Waals surface area contributed by atoms with E-state index in [1.165, 1.54) is 12.1 Å². The number of Topliss-reactive ketones (excluding diaryl/α,β-unsaturated/α-hetero) is 1. The molecule has 0 spiro atoms. The molecule has 0 saturated carbocycles. The lowest BCUT2D eigenvalue weighted by Crippen LogP contribution is -2.06. The van der Waals surface area contributed by atoms with Crippen LogP contribution >= 0.6 is 0 Å². The van der Waals surface area contributed by atoms with E-state index in [4.69, 9.17) is 0 Å². The van der Waals surface area contributed by atoms with Gasteiger partial charge in [-0.15, -0.1) is 0 Å². The second-order valence-corrected chi connectivity index (χ2v) is 8.49. The predicted octanol–water partition coefficient (Wildman–Crippen LogP) is 6.89. The number of hydrogen-bond donors (Lipinski definition) is 0. The summed E-state index contributed by atoms with van der Waals surface area (Å²) < 4.78 is 33.3. The van der Waals surface area contributed by atoms with Gasteiger partial charge in [0.15, 0.2) is 0 Å². The van der Waals surface area contributed by atoms with Crippen LogP contribution in [0.3, 0.4) is 0 Å². The number of ether oxygens (including phenoxy) is 1. The van der Waals surface area contributed by atoms with Crippen molar-refractivity contribution in [2.24, 2.45) is 0 Å². The smallest absolute Gasteiger partial charge is 0.387 e. The van der Waals surface area contributed by atoms with Crippen LogP contribution in [0.2, 0.25) is 0 Å². The standard InChI is InChI=1S/C29H25F2N3O2/c1-18-14-22(20(3)33(18)24-8-6-5-7-9-24)16-23(17-32)28(35)27-15-19(2)34(21(27)4)25-10-12-26(13-11-25)36-29(30)31/h5-16,29H,1-4H3. The van der Waals surface area contributed by atoms with Crippen molar-refractivity contribution >= 4 is 11.9 Å². The molecule has 0 unspecified atom stereocenters. The third kappa shape index (κ3) is 4.71. The van der Waals surface area contributed by atoms with Crippen molar-refractivity contribution in [1.82, 2.24) is 9.13 Å². The average molecular weight is 486 g/mol. The molecule has 5 nitrogen and oxygen atoms in total. The lowest BCUT2D eigenvalue weighted by molar-refractivity contribution is -0.0498. The Kier molecular flexibility index (Phi) is 6.89. The van der Waals surface area contributed by atoms with Crippen molar-refractivity contribution < 1.29 is 18.3 Å². The minimum absolute atomic E-state index is 0.0317. The molecule has 2 heterocycles. The molecule has 4 rings (SSSR count). The summed E-state index contributed by atoms with van der Waals surface area (Å²) in [5, 5.41) is 9.86. The van der Waals surface area contributed by atoms with Gasteiger partial charge in [0, 0.05) is 39.7 Å². The van der Waals surface area contributed by atoms with Crippen LogP contribution in [-0.4, -0.2) is 21.5 Å². The zero-order valence-electron chi connectivity index (χ0n) is 20.4. The van der Waals surface area contributed by atoms with Crippen LogP contribution in [-0.2, 0) is 0 Å². The van der Waals surface area contributed by atoms with Gasteiger partial charge >= 0.3 is 6.61 Å². The number of hydrogen-bond acceptors (Lipinski definition) is 3. The molecule has 0 fully saturated rings. The Labute approximate surface area is 208 Å². The summed E-state index contributed by atoms with van der Waals surface area (Å²) >= 11 is 0. The molecular weight excluding hydrogens is 460 g/mol. The number of ketones is 1. The Hall–Kier alpha value is -4.44. The van der Waals surface area contributed by atoms with Crippen LogP contribution in [0.25, 0.3) is 17.5 Å². The maximum Gasteiger partial charge on any atom is 0.387 e. The molecule has 0 atom stereocenters. The van der Waals surface area contributed by atoms with Crippen molar-refractivity contribution in [3.63, 3.8) is 0 Å². The summed E-state index contributed by atoms with van der Waals surface area (Å²) in [6, 6.07) is 21.8. The first-order valence-corrected chi connectivity index (χ1v) is 11.4. The molecule has 2 aromatic carbocycles. The van der Waals surface area contributed by atoms with E-state index < -0.39 is 6.61 Å². The van der Waals surface area contributed by atoms with Crippen molar-refractivity contribution in [3.8, 4) is 23.2 Å². The van der Waals surface area contributed by atoms with Gasteiger partial charge < -0.3 is 13.9 Å². The van der Waals surface area contributed by atoms with E-state index in [9.17, 15) is 18.8 Å². The largest absolute Gasteiger partial charge is 0.435 e. The van der Waals surface area contributed by atoms with E-state index in [-0.39, 0.29) is 17.1 Å². The number of aromatic nitrogens is 2. The topological polar surface area (TPSA) is 59.9 Å².